The van der Waals surface area contributed by atoms with Gasteiger partial charge in [0.15, 0.2) is 19.0 Å². The Morgan fingerprint density at radius 1 is 0.900 bits per heavy atom. The summed E-state index contributed by atoms with van der Waals surface area (Å²) in [6, 6.07) is 15.7. The fraction of sp³-hybridized carbons (Fsp3) is 0.375. The molecule has 30 heavy (non-hydrogen) atoms. The van der Waals surface area contributed by atoms with Gasteiger partial charge in [0, 0.05) is 17.2 Å². The maximum atomic E-state index is 12.4. The van der Waals surface area contributed by atoms with E-state index in [9.17, 15) is 14.4 Å². The molecule has 0 aliphatic heterocycles. The Hall–Kier alpha value is -3.15. The van der Waals surface area contributed by atoms with Gasteiger partial charge in [0.2, 0.25) is 0 Å². The van der Waals surface area contributed by atoms with E-state index in [1.807, 2.05) is 18.2 Å². The second-order valence-electron chi connectivity index (χ2n) is 7.60. The molecule has 0 spiro atoms. The number of carbonyl (C=O) groups excluding carboxylic acids is 3. The largest absolute Gasteiger partial charge is 0.482 e. The van der Waals surface area contributed by atoms with Crippen LogP contribution in [-0.2, 0) is 14.3 Å². The number of esters is 1. The number of amides is 1. The first-order valence-electron chi connectivity index (χ1n) is 10.3. The maximum absolute atomic E-state index is 12.4. The minimum atomic E-state index is -0.619. The Morgan fingerprint density at radius 3 is 2.27 bits per heavy atom. The van der Waals surface area contributed by atoms with Crippen LogP contribution < -0.4 is 10.1 Å². The van der Waals surface area contributed by atoms with Gasteiger partial charge in [-0.3, -0.25) is 9.59 Å². The monoisotopic (exact) mass is 409 g/mol. The third kappa shape index (κ3) is 6.17. The minimum absolute atomic E-state index is 0.0835. The van der Waals surface area contributed by atoms with Gasteiger partial charge in [0.05, 0.1) is 0 Å². The molecule has 0 heterocycles. The summed E-state index contributed by atoms with van der Waals surface area (Å²) in [4.78, 5) is 36.2. The van der Waals surface area contributed by atoms with Crippen molar-refractivity contribution in [3.63, 3.8) is 0 Å². The molecule has 2 atom stereocenters. The molecule has 0 bridgehead atoms. The van der Waals surface area contributed by atoms with Crippen LogP contribution in [0.5, 0.6) is 5.75 Å². The Kier molecular flexibility index (Phi) is 7.60. The minimum Gasteiger partial charge on any atom is -0.482 e. The van der Waals surface area contributed by atoms with Crippen molar-refractivity contribution in [3.05, 3.63) is 65.7 Å². The number of rotatable bonds is 8. The van der Waals surface area contributed by atoms with Crippen molar-refractivity contribution in [1.82, 2.24) is 5.32 Å². The van der Waals surface area contributed by atoms with E-state index in [-0.39, 0.29) is 30.9 Å². The van der Waals surface area contributed by atoms with Crippen LogP contribution in [0, 0.1) is 5.92 Å². The van der Waals surface area contributed by atoms with Crippen molar-refractivity contribution >= 4 is 17.7 Å². The molecule has 0 aromatic heterocycles. The van der Waals surface area contributed by atoms with Crippen molar-refractivity contribution in [1.29, 1.82) is 0 Å². The molecular formula is C24H27NO5. The number of ketones is 1. The van der Waals surface area contributed by atoms with Crippen molar-refractivity contribution in [3.8, 4) is 5.75 Å². The van der Waals surface area contributed by atoms with Crippen molar-refractivity contribution in [2.24, 2.45) is 5.92 Å². The molecule has 1 fully saturated rings. The van der Waals surface area contributed by atoms with Gasteiger partial charge in [0.25, 0.3) is 5.91 Å². The molecule has 0 unspecified atom stereocenters. The molecular weight excluding hydrogens is 382 g/mol. The zero-order valence-corrected chi connectivity index (χ0v) is 17.1. The zero-order chi connectivity index (χ0) is 21.3. The van der Waals surface area contributed by atoms with Crippen molar-refractivity contribution in [2.75, 3.05) is 13.2 Å². The summed E-state index contributed by atoms with van der Waals surface area (Å²) in [5.74, 6) is -0.104. The second kappa shape index (κ2) is 10.6. The molecule has 1 N–H and O–H groups in total. The highest BCUT2D eigenvalue weighted by atomic mass is 16.6. The van der Waals surface area contributed by atoms with Gasteiger partial charge in [-0.2, -0.15) is 0 Å². The first kappa shape index (κ1) is 21.6. The number of carbonyl (C=O) groups is 3. The van der Waals surface area contributed by atoms with Crippen molar-refractivity contribution < 1.29 is 23.9 Å². The smallest absolute Gasteiger partial charge is 0.344 e. The fourth-order valence-corrected chi connectivity index (χ4v) is 3.57. The van der Waals surface area contributed by atoms with E-state index in [0.717, 1.165) is 19.3 Å². The first-order valence-corrected chi connectivity index (χ1v) is 10.3. The summed E-state index contributed by atoms with van der Waals surface area (Å²) in [6.45, 7) is 1.51. The fourth-order valence-electron chi connectivity index (χ4n) is 3.57. The van der Waals surface area contributed by atoms with Crippen LogP contribution in [0.15, 0.2) is 54.6 Å². The summed E-state index contributed by atoms with van der Waals surface area (Å²) in [6.07, 6.45) is 4.38. The van der Waals surface area contributed by atoms with Gasteiger partial charge >= 0.3 is 5.97 Å². The highest BCUT2D eigenvalue weighted by Crippen LogP contribution is 2.23. The van der Waals surface area contributed by atoms with Gasteiger partial charge in [0.1, 0.15) is 5.75 Å². The van der Waals surface area contributed by atoms with E-state index < -0.39 is 5.97 Å². The van der Waals surface area contributed by atoms with E-state index in [0.29, 0.717) is 22.8 Å². The molecule has 6 heteroatoms. The predicted molar refractivity (Wildman–Crippen MR) is 112 cm³/mol. The summed E-state index contributed by atoms with van der Waals surface area (Å²) >= 11 is 0. The normalized spacial score (nSPS) is 18.3. The van der Waals surface area contributed by atoms with Gasteiger partial charge < -0.3 is 14.8 Å². The SMILES string of the molecule is C[C@H]1CCCC[C@@H]1NC(=O)COC(=O)COc1ccc(C(=O)c2ccccc2)cc1. The van der Waals surface area contributed by atoms with E-state index in [1.54, 1.807) is 36.4 Å². The highest BCUT2D eigenvalue weighted by molar-refractivity contribution is 6.08. The first-order chi connectivity index (χ1) is 14.5. The molecule has 0 saturated heterocycles. The Bertz CT molecular complexity index is 863. The molecule has 6 nitrogen and oxygen atoms in total. The molecule has 0 radical (unpaired) electrons. The summed E-state index contributed by atoms with van der Waals surface area (Å²) in [5, 5.41) is 2.94. The lowest BCUT2D eigenvalue weighted by atomic mass is 9.86. The molecule has 2 aromatic rings. The number of hydrogen-bond acceptors (Lipinski definition) is 5. The quantitative estimate of drug-likeness (QED) is 0.533. The second-order valence-corrected chi connectivity index (χ2v) is 7.60. The van der Waals surface area contributed by atoms with Crippen LogP contribution in [0.2, 0.25) is 0 Å². The van der Waals surface area contributed by atoms with Crippen LogP contribution >= 0.6 is 0 Å². The van der Waals surface area contributed by atoms with Gasteiger partial charge in [-0.25, -0.2) is 4.79 Å². The summed E-state index contributed by atoms with van der Waals surface area (Å²) in [5.41, 5.74) is 1.14. The average Bonchev–Trinajstić information content (AvgIpc) is 2.78. The third-order valence-electron chi connectivity index (χ3n) is 5.33. The number of ether oxygens (including phenoxy) is 2. The lowest BCUT2D eigenvalue weighted by molar-refractivity contribution is -0.150. The topological polar surface area (TPSA) is 81.7 Å². The molecule has 1 saturated carbocycles. The molecule has 2 aromatic carbocycles. The molecule has 158 valence electrons. The molecule has 1 aliphatic rings. The molecule has 1 amide bonds. The average molecular weight is 409 g/mol. The molecule has 3 rings (SSSR count). The Balaban J connectivity index is 1.40. The Morgan fingerprint density at radius 2 is 1.57 bits per heavy atom. The van der Waals surface area contributed by atoms with Gasteiger partial charge in [-0.05, 0) is 43.0 Å². The van der Waals surface area contributed by atoms with Crippen LogP contribution in [0.1, 0.15) is 48.5 Å². The number of hydrogen-bond donors (Lipinski definition) is 1. The van der Waals surface area contributed by atoms with Crippen LogP contribution in [0.3, 0.4) is 0 Å². The van der Waals surface area contributed by atoms with Crippen LogP contribution in [-0.4, -0.2) is 36.9 Å². The van der Waals surface area contributed by atoms with Crippen molar-refractivity contribution in [2.45, 2.75) is 38.6 Å². The zero-order valence-electron chi connectivity index (χ0n) is 17.1. The lowest BCUT2D eigenvalue weighted by Crippen LogP contribution is -2.43. The predicted octanol–water partition coefficient (Wildman–Crippen LogP) is 3.53. The van der Waals surface area contributed by atoms with Crippen LogP contribution in [0.4, 0.5) is 0 Å². The van der Waals surface area contributed by atoms with E-state index in [2.05, 4.69) is 12.2 Å². The molecule has 1 aliphatic carbocycles. The maximum Gasteiger partial charge on any atom is 0.344 e. The summed E-state index contributed by atoms with van der Waals surface area (Å²) < 4.78 is 10.4. The van der Waals surface area contributed by atoms with E-state index in [4.69, 9.17) is 9.47 Å². The van der Waals surface area contributed by atoms with Crippen LogP contribution in [0.25, 0.3) is 0 Å². The highest BCUT2D eigenvalue weighted by Gasteiger charge is 2.23. The van der Waals surface area contributed by atoms with E-state index in [1.165, 1.54) is 6.42 Å². The number of benzene rings is 2. The van der Waals surface area contributed by atoms with Gasteiger partial charge in [-0.15, -0.1) is 0 Å². The standard InChI is InChI=1S/C24H27NO5/c1-17-7-5-6-10-21(17)25-22(26)15-30-23(27)16-29-20-13-11-19(12-14-20)24(28)18-8-3-2-4-9-18/h2-4,8-9,11-14,17,21H,5-7,10,15-16H2,1H3,(H,25,26)/t17-,21-/m0/s1. The number of nitrogens with one attached hydrogen (secondary N) is 1. The summed E-state index contributed by atoms with van der Waals surface area (Å²) in [7, 11) is 0. The third-order valence-corrected chi connectivity index (χ3v) is 5.33. The van der Waals surface area contributed by atoms with E-state index >= 15 is 0 Å². The Labute approximate surface area is 176 Å². The van der Waals surface area contributed by atoms with Gasteiger partial charge in [-0.1, -0.05) is 50.1 Å². The lowest BCUT2D eigenvalue weighted by Gasteiger charge is -2.29.